The fraction of sp³-hybridized carbons (Fsp3) is 0.467. The lowest BCUT2D eigenvalue weighted by Crippen LogP contribution is -2.20. The minimum Gasteiger partial charge on any atom is -0.507 e. The highest BCUT2D eigenvalue weighted by Gasteiger charge is 2.18. The Morgan fingerprint density at radius 3 is 1.03 bits per heavy atom. The zero-order valence-electron chi connectivity index (χ0n) is 22.5. The number of phenolic OH excluding ortho intramolecular Hbond substituents is 2. The van der Waals surface area contributed by atoms with E-state index in [0.717, 1.165) is 24.0 Å². The molecule has 0 atom stereocenters. The van der Waals surface area contributed by atoms with Crippen LogP contribution in [0.3, 0.4) is 0 Å². The van der Waals surface area contributed by atoms with E-state index in [-0.39, 0.29) is 22.3 Å². The van der Waals surface area contributed by atoms with E-state index >= 15 is 0 Å². The molecule has 0 aromatic heterocycles. The molecule has 0 saturated carbocycles. The maximum absolute atomic E-state index is 10.9. The van der Waals surface area contributed by atoms with E-state index in [4.69, 9.17) is 0 Å². The molecule has 0 radical (unpaired) electrons. The molecule has 1 aliphatic heterocycles. The van der Waals surface area contributed by atoms with Gasteiger partial charge in [0.15, 0.2) is 0 Å². The highest BCUT2D eigenvalue weighted by Crippen LogP contribution is 2.26. The molecule has 1 aliphatic rings. The standard InChI is InChI=1S/C30H40N4O2/c1-7-21-9-23-13-31-17-29(3,4)19-33-15-25-11-22(8-2)12-26(28(25)36)16-34-20-30(5,6)18-32-14-24(10-21)27(23)35/h9-16,35-36H,7-8,17-20H2,1-6H3. The van der Waals surface area contributed by atoms with Crippen molar-refractivity contribution in [3.05, 3.63) is 57.6 Å². The van der Waals surface area contributed by atoms with E-state index in [1.807, 2.05) is 24.3 Å². The second-order valence-electron chi connectivity index (χ2n) is 11.2. The first kappa shape index (κ1) is 27.3. The Balaban J connectivity index is 2.02. The molecular formula is C30H40N4O2. The molecule has 3 rings (SSSR count). The van der Waals surface area contributed by atoms with Crippen molar-refractivity contribution in [1.82, 2.24) is 0 Å². The molecule has 2 aromatic carbocycles. The quantitative estimate of drug-likeness (QED) is 0.571. The van der Waals surface area contributed by atoms with Crippen LogP contribution in [0.1, 0.15) is 74.9 Å². The molecule has 6 heteroatoms. The third kappa shape index (κ3) is 7.36. The molecule has 1 heterocycles. The SMILES string of the molecule is CCc1cc2c(O)c(c1)C=NCC(C)(C)CN=Cc1cc(CC)cc(c1O)C=NCC(C)(C)CN=C2. The number of fused-ring (bicyclic) bond motifs is 4. The van der Waals surface area contributed by atoms with Crippen LogP contribution in [0.2, 0.25) is 0 Å². The van der Waals surface area contributed by atoms with Gasteiger partial charge in [0.2, 0.25) is 0 Å². The van der Waals surface area contributed by atoms with Crippen molar-refractivity contribution in [3.63, 3.8) is 0 Å². The first-order valence-electron chi connectivity index (χ1n) is 12.7. The van der Waals surface area contributed by atoms with Gasteiger partial charge in [0.1, 0.15) is 11.5 Å². The summed E-state index contributed by atoms with van der Waals surface area (Å²) in [5.41, 5.74) is 4.65. The van der Waals surface area contributed by atoms with Crippen LogP contribution in [0, 0.1) is 10.8 Å². The van der Waals surface area contributed by atoms with Crippen LogP contribution < -0.4 is 0 Å². The molecule has 0 spiro atoms. The normalized spacial score (nSPS) is 17.7. The number of hydrogen-bond acceptors (Lipinski definition) is 6. The zero-order valence-corrected chi connectivity index (χ0v) is 22.5. The van der Waals surface area contributed by atoms with E-state index in [0.29, 0.717) is 48.4 Å². The molecular weight excluding hydrogens is 448 g/mol. The zero-order chi connectivity index (χ0) is 26.3. The number of hydrogen-bond donors (Lipinski definition) is 2. The predicted octanol–water partition coefficient (Wildman–Crippen LogP) is 5.66. The Hall–Kier alpha value is -3.28. The van der Waals surface area contributed by atoms with E-state index < -0.39 is 0 Å². The van der Waals surface area contributed by atoms with Gasteiger partial charge in [-0.3, -0.25) is 20.0 Å². The van der Waals surface area contributed by atoms with Crippen molar-refractivity contribution < 1.29 is 10.2 Å². The fourth-order valence-corrected chi connectivity index (χ4v) is 3.96. The van der Waals surface area contributed by atoms with Crippen LogP contribution in [0.15, 0.2) is 44.2 Å². The molecule has 36 heavy (non-hydrogen) atoms. The van der Waals surface area contributed by atoms with E-state index in [1.165, 1.54) is 0 Å². The van der Waals surface area contributed by atoms with Gasteiger partial charge in [0.25, 0.3) is 0 Å². The first-order chi connectivity index (χ1) is 17.0. The number of nitrogens with zero attached hydrogens (tertiary/aromatic N) is 4. The number of benzene rings is 2. The summed E-state index contributed by atoms with van der Waals surface area (Å²) < 4.78 is 0. The summed E-state index contributed by atoms with van der Waals surface area (Å²) in [4.78, 5) is 18.6. The van der Waals surface area contributed by atoms with Crippen molar-refractivity contribution in [2.45, 2.75) is 54.4 Å². The molecule has 0 saturated heterocycles. The molecule has 192 valence electrons. The van der Waals surface area contributed by atoms with Crippen molar-refractivity contribution in [2.24, 2.45) is 30.8 Å². The molecule has 6 nitrogen and oxygen atoms in total. The number of aliphatic imine (C=N–C) groups is 4. The minimum atomic E-state index is -0.191. The molecule has 0 fully saturated rings. The highest BCUT2D eigenvalue weighted by molar-refractivity contribution is 5.93. The van der Waals surface area contributed by atoms with Crippen LogP contribution in [0.4, 0.5) is 0 Å². The molecule has 0 aliphatic carbocycles. The van der Waals surface area contributed by atoms with Crippen LogP contribution in [-0.4, -0.2) is 61.3 Å². The molecule has 2 N–H and O–H groups in total. The van der Waals surface area contributed by atoms with Gasteiger partial charge in [-0.15, -0.1) is 0 Å². The Morgan fingerprint density at radius 1 is 0.556 bits per heavy atom. The summed E-state index contributed by atoms with van der Waals surface area (Å²) in [7, 11) is 0. The predicted molar refractivity (Wildman–Crippen MR) is 152 cm³/mol. The fourth-order valence-electron chi connectivity index (χ4n) is 3.96. The summed E-state index contributed by atoms with van der Waals surface area (Å²) >= 11 is 0. The van der Waals surface area contributed by atoms with Crippen LogP contribution in [0.25, 0.3) is 0 Å². The molecule has 0 amide bonds. The van der Waals surface area contributed by atoms with Gasteiger partial charge in [-0.1, -0.05) is 41.5 Å². The minimum absolute atomic E-state index is 0.191. The Morgan fingerprint density at radius 2 is 0.806 bits per heavy atom. The summed E-state index contributed by atoms with van der Waals surface area (Å²) in [6.45, 7) is 14.8. The number of phenols is 2. The lowest BCUT2D eigenvalue weighted by molar-refractivity contribution is 0.396. The average molecular weight is 489 g/mol. The summed E-state index contributed by atoms with van der Waals surface area (Å²) in [6.07, 6.45) is 8.70. The van der Waals surface area contributed by atoms with Gasteiger partial charge in [0, 0.05) is 84.1 Å². The Labute approximate surface area is 215 Å². The highest BCUT2D eigenvalue weighted by atomic mass is 16.3. The first-order valence-corrected chi connectivity index (χ1v) is 12.7. The monoisotopic (exact) mass is 488 g/mol. The summed E-state index contributed by atoms with van der Waals surface area (Å²) in [5, 5.41) is 21.8. The van der Waals surface area contributed by atoms with Crippen LogP contribution in [-0.2, 0) is 12.8 Å². The topological polar surface area (TPSA) is 89.9 Å². The van der Waals surface area contributed by atoms with Gasteiger partial charge in [0.05, 0.1) is 0 Å². The van der Waals surface area contributed by atoms with Gasteiger partial charge < -0.3 is 10.2 Å². The van der Waals surface area contributed by atoms with Gasteiger partial charge >= 0.3 is 0 Å². The third-order valence-corrected chi connectivity index (χ3v) is 6.27. The van der Waals surface area contributed by atoms with Crippen molar-refractivity contribution >= 4 is 24.9 Å². The van der Waals surface area contributed by atoms with Crippen molar-refractivity contribution in [3.8, 4) is 11.5 Å². The van der Waals surface area contributed by atoms with Crippen molar-refractivity contribution in [2.75, 3.05) is 26.2 Å². The molecule has 4 bridgehead atoms. The van der Waals surface area contributed by atoms with Crippen LogP contribution >= 0.6 is 0 Å². The van der Waals surface area contributed by atoms with E-state index in [1.54, 1.807) is 24.9 Å². The molecule has 2 aromatic rings. The lowest BCUT2D eigenvalue weighted by Gasteiger charge is -2.20. The van der Waals surface area contributed by atoms with Gasteiger partial charge in [-0.05, 0) is 48.2 Å². The Kier molecular flexibility index (Phi) is 8.83. The van der Waals surface area contributed by atoms with E-state index in [2.05, 4.69) is 61.5 Å². The maximum atomic E-state index is 10.9. The average Bonchev–Trinajstić information content (AvgIpc) is 2.82. The largest absolute Gasteiger partial charge is 0.507 e. The molecule has 0 unspecified atom stereocenters. The Bertz CT molecular complexity index is 1020. The lowest BCUT2D eigenvalue weighted by atomic mass is 9.93. The second-order valence-corrected chi connectivity index (χ2v) is 11.2. The number of rotatable bonds is 2. The summed E-state index contributed by atoms with van der Waals surface area (Å²) in [6, 6.07) is 7.92. The maximum Gasteiger partial charge on any atom is 0.133 e. The van der Waals surface area contributed by atoms with E-state index in [9.17, 15) is 10.2 Å². The van der Waals surface area contributed by atoms with Gasteiger partial charge in [-0.25, -0.2) is 0 Å². The van der Waals surface area contributed by atoms with Crippen molar-refractivity contribution in [1.29, 1.82) is 0 Å². The number of aryl methyl sites for hydroxylation is 2. The number of aromatic hydroxyl groups is 2. The summed E-state index contributed by atoms with van der Waals surface area (Å²) in [5.74, 6) is 0.392. The second kappa shape index (κ2) is 11.6. The van der Waals surface area contributed by atoms with Gasteiger partial charge in [-0.2, -0.15) is 0 Å². The smallest absolute Gasteiger partial charge is 0.133 e. The third-order valence-electron chi connectivity index (χ3n) is 6.27. The van der Waals surface area contributed by atoms with Crippen LogP contribution in [0.5, 0.6) is 11.5 Å².